The molecule has 0 radical (unpaired) electrons. The predicted octanol–water partition coefficient (Wildman–Crippen LogP) is 3.01. The molecule has 0 unspecified atom stereocenters. The second-order valence-electron chi connectivity index (χ2n) is 5.69. The molecule has 0 saturated heterocycles. The molecule has 1 N–H and O–H groups in total. The first-order valence-electron chi connectivity index (χ1n) is 7.76. The quantitative estimate of drug-likeness (QED) is 0.946. The number of aromatic amines is 1. The molecule has 22 heavy (non-hydrogen) atoms. The van der Waals surface area contributed by atoms with Crippen molar-refractivity contribution in [2.75, 3.05) is 13.1 Å². The van der Waals surface area contributed by atoms with E-state index in [4.69, 9.17) is 11.6 Å². The molecule has 0 aliphatic carbocycles. The van der Waals surface area contributed by atoms with Crippen molar-refractivity contribution in [3.63, 3.8) is 0 Å². The summed E-state index contributed by atoms with van der Waals surface area (Å²) in [6, 6.07) is 7.71. The zero-order valence-corrected chi connectivity index (χ0v) is 13.3. The average molecular weight is 318 g/mol. The van der Waals surface area contributed by atoms with Crippen LogP contribution in [-0.4, -0.2) is 33.9 Å². The molecule has 1 aromatic heterocycles. The largest absolute Gasteiger partial charge is 0.348 e. The van der Waals surface area contributed by atoms with Gasteiger partial charge in [0.15, 0.2) is 0 Å². The third kappa shape index (κ3) is 3.69. The molecule has 3 rings (SSSR count). The smallest absolute Gasteiger partial charge is 0.222 e. The zero-order chi connectivity index (χ0) is 15.4. The number of carbonyl (C=O) groups excluding carboxylic acids is 1. The molecule has 0 atom stereocenters. The van der Waals surface area contributed by atoms with E-state index in [1.165, 1.54) is 5.69 Å². The van der Waals surface area contributed by atoms with Gasteiger partial charge in [-0.25, -0.2) is 4.98 Å². The summed E-state index contributed by atoms with van der Waals surface area (Å²) < 4.78 is 0. The van der Waals surface area contributed by atoms with Crippen molar-refractivity contribution in [2.45, 2.75) is 32.1 Å². The van der Waals surface area contributed by atoms with E-state index in [0.717, 1.165) is 55.1 Å². The summed E-state index contributed by atoms with van der Waals surface area (Å²) in [5.74, 6) is 0.230. The van der Waals surface area contributed by atoms with Crippen LogP contribution in [0, 0.1) is 0 Å². The van der Waals surface area contributed by atoms with E-state index < -0.39 is 0 Å². The Labute approximate surface area is 135 Å². The Morgan fingerprint density at radius 1 is 1.23 bits per heavy atom. The van der Waals surface area contributed by atoms with Gasteiger partial charge < -0.3 is 9.88 Å². The highest BCUT2D eigenvalue weighted by molar-refractivity contribution is 6.30. The molecule has 4 nitrogen and oxygen atoms in total. The number of hydrogen-bond donors (Lipinski definition) is 1. The summed E-state index contributed by atoms with van der Waals surface area (Å²) in [6.45, 7) is 1.59. The van der Waals surface area contributed by atoms with Crippen LogP contribution in [-0.2, 0) is 24.1 Å². The third-order valence-electron chi connectivity index (χ3n) is 4.17. The van der Waals surface area contributed by atoms with Gasteiger partial charge in [0.05, 0.1) is 12.0 Å². The van der Waals surface area contributed by atoms with Crippen LogP contribution in [0.25, 0.3) is 0 Å². The molecule has 0 saturated carbocycles. The standard InChI is InChI=1S/C17H20ClN3O/c18-14-6-3-13(4-7-14)5-8-17(22)21-10-1-2-15-16(9-11-21)20-12-19-15/h3-4,6-7,12H,1-2,5,8-11H2,(H,19,20). The van der Waals surface area contributed by atoms with E-state index in [2.05, 4.69) is 9.97 Å². The topological polar surface area (TPSA) is 49.0 Å². The van der Waals surface area contributed by atoms with Gasteiger partial charge >= 0.3 is 0 Å². The van der Waals surface area contributed by atoms with Crippen molar-refractivity contribution in [2.24, 2.45) is 0 Å². The molecule has 0 spiro atoms. The third-order valence-corrected chi connectivity index (χ3v) is 4.43. The molecule has 1 amide bonds. The minimum absolute atomic E-state index is 0.230. The first-order chi connectivity index (χ1) is 10.7. The number of imidazole rings is 1. The van der Waals surface area contributed by atoms with Crippen LogP contribution >= 0.6 is 11.6 Å². The predicted molar refractivity (Wildman–Crippen MR) is 87.0 cm³/mol. The minimum atomic E-state index is 0.230. The molecule has 2 aromatic rings. The fraction of sp³-hybridized carbons (Fsp3) is 0.412. The van der Waals surface area contributed by atoms with Gasteiger partial charge in [0.25, 0.3) is 0 Å². The molecule has 5 heteroatoms. The summed E-state index contributed by atoms with van der Waals surface area (Å²) in [4.78, 5) is 21.9. The molecule has 0 bridgehead atoms. The van der Waals surface area contributed by atoms with E-state index in [-0.39, 0.29) is 5.91 Å². The molecule has 0 fully saturated rings. The van der Waals surface area contributed by atoms with Gasteiger partial charge in [0.1, 0.15) is 0 Å². The molecule has 116 valence electrons. The number of hydrogen-bond acceptors (Lipinski definition) is 2. The summed E-state index contributed by atoms with van der Waals surface area (Å²) >= 11 is 5.88. The molecular formula is C17H20ClN3O. The lowest BCUT2D eigenvalue weighted by Crippen LogP contribution is -2.35. The number of rotatable bonds is 3. The van der Waals surface area contributed by atoms with Crippen LogP contribution in [0.2, 0.25) is 5.02 Å². The van der Waals surface area contributed by atoms with E-state index in [0.29, 0.717) is 6.42 Å². The highest BCUT2D eigenvalue weighted by atomic mass is 35.5. The number of fused-ring (bicyclic) bond motifs is 1. The SMILES string of the molecule is O=C(CCc1ccc(Cl)cc1)N1CCCc2[nH]cnc2CC1. The average Bonchev–Trinajstić information content (AvgIpc) is 2.93. The molecule has 1 aliphatic heterocycles. The Balaban J connectivity index is 1.55. The molecule has 1 aromatic carbocycles. The van der Waals surface area contributed by atoms with Crippen LogP contribution in [0.3, 0.4) is 0 Å². The number of carbonyl (C=O) groups is 1. The summed E-state index contributed by atoms with van der Waals surface area (Å²) in [5, 5.41) is 0.730. The fourth-order valence-corrected chi connectivity index (χ4v) is 3.02. The maximum atomic E-state index is 12.4. The van der Waals surface area contributed by atoms with Crippen LogP contribution in [0.15, 0.2) is 30.6 Å². The Bertz CT molecular complexity index is 636. The second kappa shape index (κ2) is 6.97. The lowest BCUT2D eigenvalue weighted by Gasteiger charge is -2.24. The highest BCUT2D eigenvalue weighted by Crippen LogP contribution is 2.15. The van der Waals surface area contributed by atoms with Crippen molar-refractivity contribution in [1.82, 2.24) is 14.9 Å². The monoisotopic (exact) mass is 317 g/mol. The number of halogens is 1. The van der Waals surface area contributed by atoms with Crippen molar-refractivity contribution in [3.05, 3.63) is 52.6 Å². The van der Waals surface area contributed by atoms with Gasteiger partial charge in [0, 0.05) is 36.6 Å². The van der Waals surface area contributed by atoms with Crippen molar-refractivity contribution in [3.8, 4) is 0 Å². The maximum Gasteiger partial charge on any atom is 0.222 e. The Hall–Kier alpha value is -1.81. The number of aromatic nitrogens is 2. The number of benzene rings is 1. The maximum absolute atomic E-state index is 12.4. The van der Waals surface area contributed by atoms with E-state index in [1.54, 1.807) is 6.33 Å². The lowest BCUT2D eigenvalue weighted by molar-refractivity contribution is -0.131. The van der Waals surface area contributed by atoms with Crippen LogP contribution < -0.4 is 0 Å². The summed E-state index contributed by atoms with van der Waals surface area (Å²) in [7, 11) is 0. The summed E-state index contributed by atoms with van der Waals surface area (Å²) in [5.41, 5.74) is 3.49. The highest BCUT2D eigenvalue weighted by Gasteiger charge is 2.18. The molecule has 2 heterocycles. The fourth-order valence-electron chi connectivity index (χ4n) is 2.89. The van der Waals surface area contributed by atoms with Crippen LogP contribution in [0.4, 0.5) is 0 Å². The van der Waals surface area contributed by atoms with E-state index in [1.807, 2.05) is 29.2 Å². The normalized spacial score (nSPS) is 15.0. The van der Waals surface area contributed by atoms with Crippen molar-refractivity contribution in [1.29, 1.82) is 0 Å². The Morgan fingerprint density at radius 2 is 2.05 bits per heavy atom. The van der Waals surface area contributed by atoms with Crippen molar-refractivity contribution < 1.29 is 4.79 Å². The van der Waals surface area contributed by atoms with Gasteiger partial charge in [-0.15, -0.1) is 0 Å². The van der Waals surface area contributed by atoms with Gasteiger partial charge in [-0.3, -0.25) is 4.79 Å². The van der Waals surface area contributed by atoms with Gasteiger partial charge in [-0.2, -0.15) is 0 Å². The second-order valence-corrected chi connectivity index (χ2v) is 6.13. The number of H-pyrrole nitrogens is 1. The van der Waals surface area contributed by atoms with E-state index >= 15 is 0 Å². The van der Waals surface area contributed by atoms with Crippen LogP contribution in [0.5, 0.6) is 0 Å². The van der Waals surface area contributed by atoms with Gasteiger partial charge in [0.2, 0.25) is 5.91 Å². The zero-order valence-electron chi connectivity index (χ0n) is 12.5. The summed E-state index contributed by atoms with van der Waals surface area (Å²) in [6.07, 6.45) is 5.86. The van der Waals surface area contributed by atoms with Crippen molar-refractivity contribution >= 4 is 17.5 Å². The molecular weight excluding hydrogens is 298 g/mol. The molecule has 1 aliphatic rings. The number of aryl methyl sites for hydroxylation is 2. The Kier molecular flexibility index (Phi) is 4.78. The van der Waals surface area contributed by atoms with Crippen LogP contribution in [0.1, 0.15) is 29.8 Å². The number of nitrogens with zero attached hydrogens (tertiary/aromatic N) is 2. The number of amides is 1. The first-order valence-corrected chi connectivity index (χ1v) is 8.13. The minimum Gasteiger partial charge on any atom is -0.348 e. The van der Waals surface area contributed by atoms with E-state index in [9.17, 15) is 4.79 Å². The first kappa shape index (κ1) is 15.1. The van der Waals surface area contributed by atoms with Gasteiger partial charge in [-0.05, 0) is 37.0 Å². The number of nitrogens with one attached hydrogen (secondary N) is 1. The Morgan fingerprint density at radius 3 is 2.86 bits per heavy atom. The lowest BCUT2D eigenvalue weighted by atomic mass is 10.1. The van der Waals surface area contributed by atoms with Gasteiger partial charge in [-0.1, -0.05) is 23.7 Å².